The number of benzene rings is 1. The molecular weight excluding hydrogens is 284 g/mol. The topological polar surface area (TPSA) is 24.5 Å². The fraction of sp³-hybridized carbons (Fsp3) is 0.647. The lowest BCUT2D eigenvalue weighted by Gasteiger charge is -2.30. The summed E-state index contributed by atoms with van der Waals surface area (Å²) in [5.74, 6) is 0.666. The van der Waals surface area contributed by atoms with E-state index in [0.717, 1.165) is 31.3 Å². The van der Waals surface area contributed by atoms with Crippen molar-refractivity contribution < 1.29 is 4.74 Å². The van der Waals surface area contributed by atoms with Crippen molar-refractivity contribution in [3.8, 4) is 0 Å². The van der Waals surface area contributed by atoms with Gasteiger partial charge < -0.3 is 15.0 Å². The Hall–Kier alpha value is -0.770. The smallest absolute Gasteiger partial charge is 0.0642 e. The molecular formula is C17H27ClN2O. The van der Waals surface area contributed by atoms with Crippen LogP contribution in [0.4, 0.5) is 5.69 Å². The van der Waals surface area contributed by atoms with Crippen molar-refractivity contribution in [2.75, 3.05) is 31.7 Å². The second-order valence-corrected chi connectivity index (χ2v) is 6.51. The number of hydrogen-bond donors (Lipinski definition) is 1. The Morgan fingerprint density at radius 1 is 1.43 bits per heavy atom. The average molecular weight is 311 g/mol. The van der Waals surface area contributed by atoms with Crippen molar-refractivity contribution in [1.29, 1.82) is 0 Å². The molecule has 1 aliphatic heterocycles. The first-order valence-corrected chi connectivity index (χ1v) is 8.26. The molecule has 1 saturated heterocycles. The molecule has 0 radical (unpaired) electrons. The molecule has 0 aromatic heterocycles. The molecule has 0 aliphatic carbocycles. The minimum absolute atomic E-state index is 0.619. The lowest BCUT2D eigenvalue weighted by atomic mass is 10.0. The molecule has 1 N–H and O–H groups in total. The predicted molar refractivity (Wildman–Crippen MR) is 90.2 cm³/mol. The number of ether oxygens (including phenoxy) is 1. The van der Waals surface area contributed by atoms with Gasteiger partial charge in [-0.1, -0.05) is 31.5 Å². The zero-order valence-corrected chi connectivity index (χ0v) is 14.1. The van der Waals surface area contributed by atoms with Crippen molar-refractivity contribution in [3.05, 3.63) is 28.8 Å². The van der Waals surface area contributed by atoms with E-state index in [1.165, 1.54) is 24.1 Å². The van der Waals surface area contributed by atoms with Crippen LogP contribution in [0.2, 0.25) is 5.02 Å². The van der Waals surface area contributed by atoms with Crippen LogP contribution in [0.1, 0.15) is 32.3 Å². The Kier molecular flexibility index (Phi) is 6.34. The van der Waals surface area contributed by atoms with Crippen molar-refractivity contribution in [3.63, 3.8) is 0 Å². The minimum Gasteiger partial charge on any atom is -0.383 e. The van der Waals surface area contributed by atoms with Crippen LogP contribution in [0.15, 0.2) is 18.2 Å². The summed E-state index contributed by atoms with van der Waals surface area (Å²) in [5, 5.41) is 4.22. The van der Waals surface area contributed by atoms with Gasteiger partial charge in [-0.25, -0.2) is 0 Å². The first-order valence-electron chi connectivity index (χ1n) is 7.88. The van der Waals surface area contributed by atoms with Crippen molar-refractivity contribution in [2.24, 2.45) is 5.92 Å². The third-order valence-corrected chi connectivity index (χ3v) is 4.51. The van der Waals surface area contributed by atoms with Gasteiger partial charge in [0.2, 0.25) is 0 Å². The summed E-state index contributed by atoms with van der Waals surface area (Å²) in [6, 6.07) is 7.06. The van der Waals surface area contributed by atoms with Crippen molar-refractivity contribution in [1.82, 2.24) is 5.32 Å². The van der Waals surface area contributed by atoms with Crippen LogP contribution < -0.4 is 10.2 Å². The molecule has 21 heavy (non-hydrogen) atoms. The van der Waals surface area contributed by atoms with Gasteiger partial charge in [0.15, 0.2) is 0 Å². The minimum atomic E-state index is 0.619. The molecule has 1 aromatic rings. The number of nitrogens with one attached hydrogen (secondary N) is 1. The summed E-state index contributed by atoms with van der Waals surface area (Å²) in [6.07, 6.45) is 2.54. The van der Waals surface area contributed by atoms with Crippen LogP contribution in [-0.4, -0.2) is 32.8 Å². The fourth-order valence-corrected chi connectivity index (χ4v) is 3.40. The third-order valence-electron chi connectivity index (χ3n) is 4.20. The molecule has 0 amide bonds. The molecule has 1 atom stereocenters. The number of anilines is 1. The summed E-state index contributed by atoms with van der Waals surface area (Å²) in [6.45, 7) is 8.13. The highest BCUT2D eigenvalue weighted by atomic mass is 35.5. The molecule has 0 saturated carbocycles. The molecule has 118 valence electrons. The first-order chi connectivity index (χ1) is 10.1. The lowest BCUT2D eigenvalue weighted by Crippen LogP contribution is -2.33. The van der Waals surface area contributed by atoms with Gasteiger partial charge in [0.1, 0.15) is 0 Å². The van der Waals surface area contributed by atoms with Gasteiger partial charge in [0.25, 0.3) is 0 Å². The lowest BCUT2D eigenvalue weighted by molar-refractivity contribution is 0.199. The summed E-state index contributed by atoms with van der Waals surface area (Å²) < 4.78 is 5.03. The summed E-state index contributed by atoms with van der Waals surface area (Å²) >= 11 is 6.53. The maximum Gasteiger partial charge on any atom is 0.0642 e. The molecule has 1 aromatic carbocycles. The highest BCUT2D eigenvalue weighted by Crippen LogP contribution is 2.34. The second-order valence-electron chi connectivity index (χ2n) is 6.10. The van der Waals surface area contributed by atoms with Gasteiger partial charge in [-0.15, -0.1) is 0 Å². The van der Waals surface area contributed by atoms with E-state index in [1.54, 1.807) is 7.11 Å². The molecule has 2 rings (SSSR count). The SMILES string of the molecule is COCCNCc1ccc(N2CCCC2C(C)C)c(Cl)c1. The molecule has 0 spiro atoms. The van der Waals surface area contributed by atoms with Crippen molar-refractivity contribution in [2.45, 2.75) is 39.3 Å². The highest BCUT2D eigenvalue weighted by Gasteiger charge is 2.28. The molecule has 1 heterocycles. The zero-order valence-electron chi connectivity index (χ0n) is 13.4. The molecule has 1 unspecified atom stereocenters. The molecule has 1 aliphatic rings. The average Bonchev–Trinajstić information content (AvgIpc) is 2.93. The molecule has 4 heteroatoms. The zero-order chi connectivity index (χ0) is 15.2. The number of hydrogen-bond acceptors (Lipinski definition) is 3. The third kappa shape index (κ3) is 4.35. The Morgan fingerprint density at radius 3 is 2.90 bits per heavy atom. The van der Waals surface area contributed by atoms with E-state index in [2.05, 4.69) is 42.3 Å². The van der Waals surface area contributed by atoms with E-state index in [4.69, 9.17) is 16.3 Å². The predicted octanol–water partition coefficient (Wildman–Crippen LogP) is 3.70. The maximum absolute atomic E-state index is 6.53. The van der Waals surface area contributed by atoms with Gasteiger partial charge in [0.05, 0.1) is 17.3 Å². The van der Waals surface area contributed by atoms with E-state index < -0.39 is 0 Å². The van der Waals surface area contributed by atoms with Crippen LogP contribution in [-0.2, 0) is 11.3 Å². The summed E-state index contributed by atoms with van der Waals surface area (Å²) in [4.78, 5) is 2.48. The molecule has 1 fully saturated rings. The van der Waals surface area contributed by atoms with Gasteiger partial charge in [-0.05, 0) is 36.5 Å². The Bertz CT molecular complexity index is 450. The number of halogens is 1. The van der Waals surface area contributed by atoms with E-state index in [-0.39, 0.29) is 0 Å². The van der Waals surface area contributed by atoms with Crippen LogP contribution >= 0.6 is 11.6 Å². The van der Waals surface area contributed by atoms with Crippen LogP contribution in [0.3, 0.4) is 0 Å². The van der Waals surface area contributed by atoms with Crippen LogP contribution in [0.5, 0.6) is 0 Å². The molecule has 0 bridgehead atoms. The van der Waals surface area contributed by atoms with Crippen LogP contribution in [0.25, 0.3) is 0 Å². The van der Waals surface area contributed by atoms with E-state index in [1.807, 2.05) is 0 Å². The van der Waals surface area contributed by atoms with Crippen LogP contribution in [0, 0.1) is 5.92 Å². The summed E-state index contributed by atoms with van der Waals surface area (Å²) in [5.41, 5.74) is 2.41. The van der Waals surface area contributed by atoms with E-state index in [0.29, 0.717) is 12.0 Å². The van der Waals surface area contributed by atoms with Gasteiger partial charge >= 0.3 is 0 Å². The number of nitrogens with zero attached hydrogens (tertiary/aromatic N) is 1. The Labute approximate surface area is 133 Å². The Balaban J connectivity index is 2.02. The van der Waals surface area contributed by atoms with Gasteiger partial charge in [-0.2, -0.15) is 0 Å². The number of rotatable bonds is 7. The second kappa shape index (κ2) is 8.02. The van der Waals surface area contributed by atoms with Crippen molar-refractivity contribution >= 4 is 17.3 Å². The monoisotopic (exact) mass is 310 g/mol. The standard InChI is InChI=1S/C17H27ClN2O/c1-13(2)16-5-4-9-20(16)17-7-6-14(11-15(17)18)12-19-8-10-21-3/h6-7,11,13,16,19H,4-5,8-10,12H2,1-3H3. The first kappa shape index (κ1) is 16.6. The number of methoxy groups -OCH3 is 1. The van der Waals surface area contributed by atoms with E-state index in [9.17, 15) is 0 Å². The van der Waals surface area contributed by atoms with Gasteiger partial charge in [0, 0.05) is 32.8 Å². The summed E-state index contributed by atoms with van der Waals surface area (Å²) in [7, 11) is 1.72. The fourth-order valence-electron chi connectivity index (χ4n) is 3.08. The maximum atomic E-state index is 6.53. The Morgan fingerprint density at radius 2 is 2.24 bits per heavy atom. The largest absolute Gasteiger partial charge is 0.383 e. The highest BCUT2D eigenvalue weighted by molar-refractivity contribution is 6.33. The van der Waals surface area contributed by atoms with Gasteiger partial charge in [-0.3, -0.25) is 0 Å². The molecule has 3 nitrogen and oxygen atoms in total. The van der Waals surface area contributed by atoms with E-state index >= 15 is 0 Å². The quantitative estimate of drug-likeness (QED) is 0.777. The normalized spacial score (nSPS) is 18.7.